The van der Waals surface area contributed by atoms with Gasteiger partial charge in [-0.1, -0.05) is 18.2 Å². The first kappa shape index (κ1) is 15.7. The quantitative estimate of drug-likeness (QED) is 0.783. The Labute approximate surface area is 142 Å². The second-order valence-electron chi connectivity index (χ2n) is 7.77. The third kappa shape index (κ3) is 2.72. The maximum atomic E-state index is 11.8. The molecule has 0 amide bonds. The van der Waals surface area contributed by atoms with Gasteiger partial charge in [-0.15, -0.1) is 0 Å². The van der Waals surface area contributed by atoms with Gasteiger partial charge in [0.2, 0.25) is 0 Å². The van der Waals surface area contributed by atoms with Crippen LogP contribution in [0.25, 0.3) is 0 Å². The highest BCUT2D eigenvalue weighted by Gasteiger charge is 2.46. The van der Waals surface area contributed by atoms with Gasteiger partial charge in [-0.2, -0.15) is 0 Å². The molecule has 4 nitrogen and oxygen atoms in total. The SMILES string of the molecule is COC(=O)C1CCc2cc([C@H]3CC[C@]4(COC(=O)C4)C3)ccc2C1. The van der Waals surface area contributed by atoms with Crippen LogP contribution in [-0.2, 0) is 31.9 Å². The zero-order valence-corrected chi connectivity index (χ0v) is 14.2. The Kier molecular flexibility index (Phi) is 3.86. The number of esters is 2. The predicted octanol–water partition coefficient (Wildman–Crippen LogP) is 3.17. The number of cyclic esters (lactones) is 1. The van der Waals surface area contributed by atoms with E-state index in [0.717, 1.165) is 38.5 Å². The highest BCUT2D eigenvalue weighted by Crippen LogP contribution is 2.51. The molecule has 1 aromatic rings. The number of fused-ring (bicyclic) bond motifs is 1. The zero-order chi connectivity index (χ0) is 16.7. The van der Waals surface area contributed by atoms with Crippen LogP contribution in [0.1, 0.15) is 54.7 Å². The number of aryl methyl sites for hydroxylation is 1. The number of hydrogen-bond donors (Lipinski definition) is 0. The maximum Gasteiger partial charge on any atom is 0.309 e. The molecule has 1 aromatic carbocycles. The van der Waals surface area contributed by atoms with E-state index in [9.17, 15) is 9.59 Å². The minimum Gasteiger partial charge on any atom is -0.469 e. The molecule has 0 radical (unpaired) electrons. The average molecular weight is 328 g/mol. The van der Waals surface area contributed by atoms with E-state index in [0.29, 0.717) is 18.9 Å². The Hall–Kier alpha value is -1.84. The van der Waals surface area contributed by atoms with Crippen molar-refractivity contribution in [3.05, 3.63) is 34.9 Å². The Balaban J connectivity index is 1.49. The Morgan fingerprint density at radius 1 is 1.29 bits per heavy atom. The summed E-state index contributed by atoms with van der Waals surface area (Å²) in [6.07, 6.45) is 6.49. The molecule has 0 aromatic heterocycles. The summed E-state index contributed by atoms with van der Waals surface area (Å²) in [5.74, 6) is 0.413. The van der Waals surface area contributed by atoms with Gasteiger partial charge in [0.1, 0.15) is 0 Å². The van der Waals surface area contributed by atoms with Gasteiger partial charge in [-0.05, 0) is 61.1 Å². The van der Waals surface area contributed by atoms with Crippen molar-refractivity contribution in [2.75, 3.05) is 13.7 Å². The molecular weight excluding hydrogens is 304 g/mol. The topological polar surface area (TPSA) is 52.6 Å². The molecule has 2 fully saturated rings. The summed E-state index contributed by atoms with van der Waals surface area (Å²) in [5, 5.41) is 0. The van der Waals surface area contributed by atoms with Crippen molar-refractivity contribution in [3.63, 3.8) is 0 Å². The van der Waals surface area contributed by atoms with Gasteiger partial charge >= 0.3 is 11.9 Å². The highest BCUT2D eigenvalue weighted by molar-refractivity contribution is 5.73. The molecule has 1 unspecified atom stereocenters. The van der Waals surface area contributed by atoms with Gasteiger partial charge in [0.15, 0.2) is 0 Å². The molecule has 1 aliphatic heterocycles. The second-order valence-corrected chi connectivity index (χ2v) is 7.77. The fraction of sp³-hybridized carbons (Fsp3) is 0.600. The van der Waals surface area contributed by atoms with Gasteiger partial charge in [0.25, 0.3) is 0 Å². The molecule has 0 bridgehead atoms. The highest BCUT2D eigenvalue weighted by atomic mass is 16.5. The van der Waals surface area contributed by atoms with Crippen LogP contribution in [0.4, 0.5) is 0 Å². The predicted molar refractivity (Wildman–Crippen MR) is 88.6 cm³/mol. The molecule has 24 heavy (non-hydrogen) atoms. The number of rotatable bonds is 2. The summed E-state index contributed by atoms with van der Waals surface area (Å²) < 4.78 is 10.1. The van der Waals surface area contributed by atoms with Crippen molar-refractivity contribution in [1.29, 1.82) is 0 Å². The van der Waals surface area contributed by atoms with Crippen LogP contribution in [0, 0.1) is 11.3 Å². The molecule has 0 N–H and O–H groups in total. The van der Waals surface area contributed by atoms with Gasteiger partial charge in [0.05, 0.1) is 26.1 Å². The van der Waals surface area contributed by atoms with Crippen molar-refractivity contribution in [2.24, 2.45) is 11.3 Å². The van der Waals surface area contributed by atoms with Crippen LogP contribution in [0.5, 0.6) is 0 Å². The first-order valence-corrected chi connectivity index (χ1v) is 8.94. The summed E-state index contributed by atoms with van der Waals surface area (Å²) in [7, 11) is 1.47. The molecule has 3 atom stereocenters. The van der Waals surface area contributed by atoms with Crippen LogP contribution in [-0.4, -0.2) is 25.7 Å². The number of benzene rings is 1. The Morgan fingerprint density at radius 3 is 2.92 bits per heavy atom. The summed E-state index contributed by atoms with van der Waals surface area (Å²) in [4.78, 5) is 23.3. The van der Waals surface area contributed by atoms with E-state index < -0.39 is 0 Å². The van der Waals surface area contributed by atoms with Crippen molar-refractivity contribution >= 4 is 11.9 Å². The van der Waals surface area contributed by atoms with Gasteiger partial charge < -0.3 is 9.47 Å². The van der Waals surface area contributed by atoms with E-state index >= 15 is 0 Å². The second kappa shape index (κ2) is 5.91. The molecule has 128 valence electrons. The van der Waals surface area contributed by atoms with Crippen LogP contribution < -0.4 is 0 Å². The lowest BCUT2D eigenvalue weighted by Crippen LogP contribution is -2.23. The van der Waals surface area contributed by atoms with Crippen LogP contribution in [0.15, 0.2) is 18.2 Å². The molecule has 2 aliphatic carbocycles. The van der Waals surface area contributed by atoms with Gasteiger partial charge in [-0.3, -0.25) is 9.59 Å². The average Bonchev–Trinajstić information content (AvgIpc) is 3.19. The lowest BCUT2D eigenvalue weighted by molar-refractivity contribution is -0.145. The molecule has 4 rings (SSSR count). The van der Waals surface area contributed by atoms with Crippen molar-refractivity contribution in [3.8, 4) is 0 Å². The van der Waals surface area contributed by atoms with Gasteiger partial charge in [-0.25, -0.2) is 0 Å². The summed E-state index contributed by atoms with van der Waals surface area (Å²) in [6.45, 7) is 0.605. The van der Waals surface area contributed by atoms with E-state index in [1.807, 2.05) is 0 Å². The molecular formula is C20H24O4. The van der Waals surface area contributed by atoms with Crippen molar-refractivity contribution < 1.29 is 19.1 Å². The fourth-order valence-corrected chi connectivity index (χ4v) is 4.82. The Bertz CT molecular complexity index is 680. The molecule has 1 spiro atoms. The summed E-state index contributed by atoms with van der Waals surface area (Å²) >= 11 is 0. The molecule has 1 heterocycles. The van der Waals surface area contributed by atoms with E-state index in [1.165, 1.54) is 23.8 Å². The number of carbonyl (C=O) groups is 2. The Morgan fingerprint density at radius 2 is 2.17 bits per heavy atom. The third-order valence-corrected chi connectivity index (χ3v) is 6.23. The van der Waals surface area contributed by atoms with Crippen molar-refractivity contribution in [1.82, 2.24) is 0 Å². The first-order valence-electron chi connectivity index (χ1n) is 8.94. The first-order chi connectivity index (χ1) is 11.6. The van der Waals surface area contributed by atoms with Crippen LogP contribution in [0.2, 0.25) is 0 Å². The lowest BCUT2D eigenvalue weighted by Gasteiger charge is -2.24. The molecule has 1 saturated carbocycles. The summed E-state index contributed by atoms with van der Waals surface area (Å²) in [5.41, 5.74) is 4.15. The molecule has 4 heteroatoms. The standard InChI is InChI=1S/C20H24O4/c1-23-19(22)16-5-4-13-8-15(3-2-14(13)9-16)17-6-7-20(10-17)11-18(21)24-12-20/h2-3,8,16-17H,4-7,9-12H2,1H3/t16?,17-,20-/m0/s1. The smallest absolute Gasteiger partial charge is 0.309 e. The monoisotopic (exact) mass is 328 g/mol. The van der Waals surface area contributed by atoms with E-state index in [1.54, 1.807) is 0 Å². The molecule has 3 aliphatic rings. The third-order valence-electron chi connectivity index (χ3n) is 6.23. The number of hydrogen-bond acceptors (Lipinski definition) is 4. The van der Waals surface area contributed by atoms with E-state index in [4.69, 9.17) is 9.47 Å². The normalized spacial score (nSPS) is 31.8. The van der Waals surface area contributed by atoms with E-state index in [2.05, 4.69) is 18.2 Å². The van der Waals surface area contributed by atoms with Gasteiger partial charge in [0, 0.05) is 5.41 Å². The maximum absolute atomic E-state index is 11.8. The number of ether oxygens (including phenoxy) is 2. The largest absolute Gasteiger partial charge is 0.469 e. The summed E-state index contributed by atoms with van der Waals surface area (Å²) in [6, 6.07) is 6.75. The lowest BCUT2D eigenvalue weighted by atomic mass is 9.80. The van der Waals surface area contributed by atoms with Crippen molar-refractivity contribution in [2.45, 2.75) is 50.9 Å². The van der Waals surface area contributed by atoms with Crippen LogP contribution >= 0.6 is 0 Å². The number of methoxy groups -OCH3 is 1. The molecule has 1 saturated heterocycles. The van der Waals surface area contributed by atoms with Crippen LogP contribution in [0.3, 0.4) is 0 Å². The zero-order valence-electron chi connectivity index (χ0n) is 14.2. The minimum absolute atomic E-state index is 0.00440. The van der Waals surface area contributed by atoms with E-state index in [-0.39, 0.29) is 23.3 Å². The number of carbonyl (C=O) groups excluding carboxylic acids is 2. The fourth-order valence-electron chi connectivity index (χ4n) is 4.82. The minimum atomic E-state index is -0.0895.